The van der Waals surface area contributed by atoms with E-state index in [-0.39, 0.29) is 34.3 Å². The maximum Gasteiger partial charge on any atom is 0.253 e. The minimum atomic E-state index is -3.68. The quantitative estimate of drug-likeness (QED) is 0.562. The molecular weight excluding hydrogens is 356 g/mol. The molecule has 3 N–H and O–H groups in total. The standard InChI is InChI=1S/C18H28N2O5S/c1-3-7-20(8-4-2)18(23)15-11-14(17(19)22)12-16(13-15)26(24,25)10-6-5-9-21/h11-13,21H,3-10H2,1-2H3,(H2,19,22). The van der Waals surface area contributed by atoms with Crippen molar-refractivity contribution in [1.29, 1.82) is 0 Å². The summed E-state index contributed by atoms with van der Waals surface area (Å²) in [6.45, 7) is 4.90. The highest BCUT2D eigenvalue weighted by Crippen LogP contribution is 2.19. The van der Waals surface area contributed by atoms with E-state index in [1.165, 1.54) is 18.2 Å². The number of carbonyl (C=O) groups excluding carboxylic acids is 2. The summed E-state index contributed by atoms with van der Waals surface area (Å²) < 4.78 is 25.0. The Labute approximate surface area is 155 Å². The fourth-order valence-corrected chi connectivity index (χ4v) is 4.04. The van der Waals surface area contributed by atoms with Crippen LogP contribution in [0.3, 0.4) is 0 Å². The highest BCUT2D eigenvalue weighted by atomic mass is 32.2. The van der Waals surface area contributed by atoms with Gasteiger partial charge < -0.3 is 15.7 Å². The van der Waals surface area contributed by atoms with Crippen LogP contribution in [-0.4, -0.2) is 55.7 Å². The number of hydrogen-bond acceptors (Lipinski definition) is 5. The first kappa shape index (κ1) is 22.1. The van der Waals surface area contributed by atoms with Crippen molar-refractivity contribution >= 4 is 21.7 Å². The highest BCUT2D eigenvalue weighted by Gasteiger charge is 2.22. The minimum absolute atomic E-state index is 0.00969. The Balaban J connectivity index is 3.30. The Hall–Kier alpha value is -1.93. The molecule has 8 heteroatoms. The van der Waals surface area contributed by atoms with Gasteiger partial charge in [-0.3, -0.25) is 9.59 Å². The van der Waals surface area contributed by atoms with Crippen molar-refractivity contribution in [3.63, 3.8) is 0 Å². The van der Waals surface area contributed by atoms with E-state index in [1.807, 2.05) is 13.8 Å². The number of primary amides is 1. The van der Waals surface area contributed by atoms with Crippen LogP contribution in [0, 0.1) is 0 Å². The summed E-state index contributed by atoms with van der Waals surface area (Å²) in [6.07, 6.45) is 2.20. The number of rotatable bonds is 11. The maximum atomic E-state index is 12.8. The average Bonchev–Trinajstić information content (AvgIpc) is 2.60. The zero-order chi connectivity index (χ0) is 19.7. The van der Waals surface area contributed by atoms with E-state index >= 15 is 0 Å². The molecule has 0 unspecified atom stereocenters. The molecule has 0 aliphatic rings. The number of benzene rings is 1. The van der Waals surface area contributed by atoms with Crippen LogP contribution in [0.15, 0.2) is 23.1 Å². The smallest absolute Gasteiger partial charge is 0.253 e. The van der Waals surface area contributed by atoms with Crippen molar-refractivity contribution < 1.29 is 23.1 Å². The van der Waals surface area contributed by atoms with Gasteiger partial charge in [-0.05, 0) is 43.9 Å². The normalized spacial score (nSPS) is 11.3. The molecule has 146 valence electrons. The number of nitrogens with two attached hydrogens (primary N) is 1. The first-order valence-electron chi connectivity index (χ1n) is 8.84. The van der Waals surface area contributed by atoms with Crippen molar-refractivity contribution in [2.75, 3.05) is 25.4 Å². The van der Waals surface area contributed by atoms with Gasteiger partial charge in [0.05, 0.1) is 10.6 Å². The van der Waals surface area contributed by atoms with E-state index in [4.69, 9.17) is 10.8 Å². The monoisotopic (exact) mass is 384 g/mol. The Morgan fingerprint density at radius 1 is 1.04 bits per heavy atom. The number of hydrogen-bond donors (Lipinski definition) is 2. The van der Waals surface area contributed by atoms with Crippen LogP contribution in [0.2, 0.25) is 0 Å². The molecule has 0 aliphatic carbocycles. The number of nitrogens with zero attached hydrogens (tertiary/aromatic N) is 1. The first-order chi connectivity index (χ1) is 12.3. The zero-order valence-corrected chi connectivity index (χ0v) is 16.2. The van der Waals surface area contributed by atoms with Gasteiger partial charge in [-0.15, -0.1) is 0 Å². The van der Waals surface area contributed by atoms with Gasteiger partial charge in [0.1, 0.15) is 0 Å². The second-order valence-corrected chi connectivity index (χ2v) is 8.26. The molecular formula is C18H28N2O5S. The van der Waals surface area contributed by atoms with Gasteiger partial charge in [0, 0.05) is 30.8 Å². The van der Waals surface area contributed by atoms with Crippen LogP contribution in [0.1, 0.15) is 60.2 Å². The van der Waals surface area contributed by atoms with Crippen molar-refractivity contribution in [2.24, 2.45) is 5.73 Å². The molecule has 0 fully saturated rings. The molecule has 26 heavy (non-hydrogen) atoms. The van der Waals surface area contributed by atoms with E-state index in [0.717, 1.165) is 12.8 Å². The minimum Gasteiger partial charge on any atom is -0.396 e. The largest absolute Gasteiger partial charge is 0.396 e. The number of sulfone groups is 1. The van der Waals surface area contributed by atoms with Crippen LogP contribution >= 0.6 is 0 Å². The van der Waals surface area contributed by atoms with E-state index in [2.05, 4.69) is 0 Å². The van der Waals surface area contributed by atoms with Gasteiger partial charge in [0.2, 0.25) is 5.91 Å². The second kappa shape index (κ2) is 10.3. The topological polar surface area (TPSA) is 118 Å². The molecule has 0 bridgehead atoms. The lowest BCUT2D eigenvalue weighted by Crippen LogP contribution is -2.33. The van der Waals surface area contributed by atoms with E-state index in [0.29, 0.717) is 25.9 Å². The van der Waals surface area contributed by atoms with Gasteiger partial charge in [0.15, 0.2) is 9.84 Å². The summed E-state index contributed by atoms with van der Waals surface area (Å²) in [4.78, 5) is 25.9. The molecule has 0 saturated carbocycles. The van der Waals surface area contributed by atoms with Crippen molar-refractivity contribution in [1.82, 2.24) is 4.90 Å². The molecule has 0 heterocycles. The highest BCUT2D eigenvalue weighted by molar-refractivity contribution is 7.91. The fourth-order valence-electron chi connectivity index (χ4n) is 2.60. The predicted octanol–water partition coefficient (Wildman–Crippen LogP) is 1.59. The number of aliphatic hydroxyl groups excluding tert-OH is 1. The molecule has 2 amide bonds. The molecule has 1 rings (SSSR count). The van der Waals surface area contributed by atoms with Gasteiger partial charge in [-0.2, -0.15) is 0 Å². The van der Waals surface area contributed by atoms with Crippen LogP contribution in [0.25, 0.3) is 0 Å². The Kier molecular flexibility index (Phi) is 8.74. The lowest BCUT2D eigenvalue weighted by Gasteiger charge is -2.22. The first-order valence-corrected chi connectivity index (χ1v) is 10.5. The molecule has 0 aliphatic heterocycles. The number of aliphatic hydroxyl groups is 1. The van der Waals surface area contributed by atoms with Crippen LogP contribution < -0.4 is 5.73 Å². The van der Waals surface area contributed by atoms with E-state index < -0.39 is 15.7 Å². The molecule has 0 saturated heterocycles. The summed E-state index contributed by atoms with van der Waals surface area (Å²) in [6, 6.07) is 3.86. The molecule has 0 radical (unpaired) electrons. The third-order valence-electron chi connectivity index (χ3n) is 3.89. The summed E-state index contributed by atoms with van der Waals surface area (Å²) in [5.41, 5.74) is 5.45. The third kappa shape index (κ3) is 6.10. The maximum absolute atomic E-state index is 12.8. The Morgan fingerprint density at radius 2 is 1.62 bits per heavy atom. The lowest BCUT2D eigenvalue weighted by molar-refractivity contribution is 0.0755. The molecule has 0 aromatic heterocycles. The summed E-state index contributed by atoms with van der Waals surface area (Å²) in [5, 5.41) is 8.82. The Morgan fingerprint density at radius 3 is 2.12 bits per heavy atom. The fraction of sp³-hybridized carbons (Fsp3) is 0.556. The van der Waals surface area contributed by atoms with Crippen molar-refractivity contribution in [3.8, 4) is 0 Å². The van der Waals surface area contributed by atoms with E-state index in [1.54, 1.807) is 4.90 Å². The second-order valence-electron chi connectivity index (χ2n) is 6.15. The van der Waals surface area contributed by atoms with Crippen LogP contribution in [-0.2, 0) is 9.84 Å². The summed E-state index contributed by atoms with van der Waals surface area (Å²) >= 11 is 0. The zero-order valence-electron chi connectivity index (χ0n) is 15.4. The van der Waals surface area contributed by atoms with Crippen molar-refractivity contribution in [3.05, 3.63) is 29.3 Å². The molecule has 7 nitrogen and oxygen atoms in total. The Bertz CT molecular complexity index is 725. The average molecular weight is 384 g/mol. The summed E-state index contributed by atoms with van der Waals surface area (Å²) in [7, 11) is -3.68. The number of carbonyl (C=O) groups is 2. The van der Waals surface area contributed by atoms with Crippen LogP contribution in [0.5, 0.6) is 0 Å². The third-order valence-corrected chi connectivity index (χ3v) is 5.67. The van der Waals surface area contributed by atoms with Gasteiger partial charge >= 0.3 is 0 Å². The van der Waals surface area contributed by atoms with E-state index in [9.17, 15) is 18.0 Å². The van der Waals surface area contributed by atoms with Crippen LogP contribution in [0.4, 0.5) is 0 Å². The van der Waals surface area contributed by atoms with Gasteiger partial charge in [-0.1, -0.05) is 13.8 Å². The van der Waals surface area contributed by atoms with Gasteiger partial charge in [-0.25, -0.2) is 8.42 Å². The molecule has 1 aromatic carbocycles. The lowest BCUT2D eigenvalue weighted by atomic mass is 10.1. The van der Waals surface area contributed by atoms with Crippen molar-refractivity contribution in [2.45, 2.75) is 44.4 Å². The molecule has 0 spiro atoms. The SMILES string of the molecule is CCCN(CCC)C(=O)c1cc(C(N)=O)cc(S(=O)(=O)CCCCO)c1. The number of amides is 2. The molecule has 0 atom stereocenters. The molecule has 1 aromatic rings. The summed E-state index contributed by atoms with van der Waals surface area (Å²) in [5.74, 6) is -1.27. The predicted molar refractivity (Wildman–Crippen MR) is 99.8 cm³/mol. The number of unbranched alkanes of at least 4 members (excludes halogenated alkanes) is 1. The van der Waals surface area contributed by atoms with Gasteiger partial charge in [0.25, 0.3) is 5.91 Å².